The summed E-state index contributed by atoms with van der Waals surface area (Å²) in [5.74, 6) is 1.54. The summed E-state index contributed by atoms with van der Waals surface area (Å²) < 4.78 is 11.0. The minimum atomic E-state index is -0.0741. The van der Waals surface area contributed by atoms with Crippen LogP contribution in [0, 0.1) is 0 Å². The van der Waals surface area contributed by atoms with Gasteiger partial charge >= 0.3 is 0 Å². The maximum absolute atomic E-state index is 12.5. The summed E-state index contributed by atoms with van der Waals surface area (Å²) in [5, 5.41) is 6.34. The van der Waals surface area contributed by atoms with Crippen LogP contribution in [0.3, 0.4) is 0 Å². The number of carbonyl (C=O) groups excluding carboxylic acids is 1. The lowest BCUT2D eigenvalue weighted by molar-refractivity contribution is 0.0857. The van der Waals surface area contributed by atoms with Crippen LogP contribution in [0.4, 0.5) is 0 Å². The van der Waals surface area contributed by atoms with Crippen molar-refractivity contribution in [3.05, 3.63) is 65.2 Å². The van der Waals surface area contributed by atoms with Gasteiger partial charge in [-0.1, -0.05) is 30.3 Å². The molecule has 1 aliphatic heterocycles. The molecule has 166 valence electrons. The molecule has 1 heterocycles. The molecule has 3 rings (SSSR count). The van der Waals surface area contributed by atoms with Crippen LogP contribution in [0.15, 0.2) is 53.5 Å². The minimum absolute atomic E-state index is 0.0741. The first-order valence-corrected chi connectivity index (χ1v) is 10.6. The summed E-state index contributed by atoms with van der Waals surface area (Å²) in [6.07, 6.45) is 2.20. The number of benzene rings is 2. The van der Waals surface area contributed by atoms with Crippen molar-refractivity contribution in [1.29, 1.82) is 0 Å². The third-order valence-electron chi connectivity index (χ3n) is 5.33. The third kappa shape index (κ3) is 6.46. The van der Waals surface area contributed by atoms with Crippen LogP contribution >= 0.6 is 0 Å². The molecule has 1 saturated heterocycles. The number of methoxy groups -OCH3 is 1. The van der Waals surface area contributed by atoms with Crippen LogP contribution < -0.4 is 15.4 Å². The molecule has 0 bridgehead atoms. The molecule has 7 heteroatoms. The first-order chi connectivity index (χ1) is 15.1. The standard InChI is InChI=1S/C24H32N4O3/c1-25-24(28(2)17-20-9-4-5-12-22(20)30-3)27-15-18-8-6-10-19(14-18)23(29)26-16-21-11-7-13-31-21/h4-6,8-10,12,14,21H,7,11,13,15-17H2,1-3H3,(H,25,27)(H,26,29). The zero-order chi connectivity index (χ0) is 22.1. The summed E-state index contributed by atoms with van der Waals surface area (Å²) in [4.78, 5) is 18.9. The number of para-hydroxylation sites is 1. The lowest BCUT2D eigenvalue weighted by Crippen LogP contribution is -2.38. The normalized spacial score (nSPS) is 16.1. The molecule has 7 nitrogen and oxygen atoms in total. The predicted octanol–water partition coefficient (Wildman–Crippen LogP) is 2.81. The predicted molar refractivity (Wildman–Crippen MR) is 122 cm³/mol. The summed E-state index contributed by atoms with van der Waals surface area (Å²) in [5.41, 5.74) is 2.74. The molecule has 1 aliphatic rings. The van der Waals surface area contributed by atoms with Crippen molar-refractivity contribution in [2.45, 2.75) is 32.0 Å². The van der Waals surface area contributed by atoms with E-state index in [1.807, 2.05) is 60.5 Å². The van der Waals surface area contributed by atoms with Gasteiger partial charge in [-0.15, -0.1) is 0 Å². The average molecular weight is 425 g/mol. The number of carbonyl (C=O) groups is 1. The Hall–Kier alpha value is -3.06. The molecule has 1 atom stereocenters. The molecular weight excluding hydrogens is 392 g/mol. The Kier molecular flexibility index (Phi) is 8.29. The van der Waals surface area contributed by atoms with Crippen molar-refractivity contribution in [3.8, 4) is 5.75 Å². The number of aliphatic imine (C=N–C) groups is 1. The fraction of sp³-hybridized carbons (Fsp3) is 0.417. The number of hydrogen-bond donors (Lipinski definition) is 2. The van der Waals surface area contributed by atoms with Crippen molar-refractivity contribution in [2.24, 2.45) is 4.99 Å². The maximum Gasteiger partial charge on any atom is 0.251 e. The van der Waals surface area contributed by atoms with E-state index in [0.29, 0.717) is 25.2 Å². The topological polar surface area (TPSA) is 75.2 Å². The molecule has 2 N–H and O–H groups in total. The molecule has 1 unspecified atom stereocenters. The van der Waals surface area contributed by atoms with E-state index in [-0.39, 0.29) is 12.0 Å². The smallest absolute Gasteiger partial charge is 0.251 e. The summed E-state index contributed by atoms with van der Waals surface area (Å²) in [7, 11) is 5.42. The molecule has 0 aliphatic carbocycles. The van der Waals surface area contributed by atoms with Crippen LogP contribution in [0.5, 0.6) is 5.75 Å². The van der Waals surface area contributed by atoms with Gasteiger partial charge in [0.25, 0.3) is 5.91 Å². The van der Waals surface area contributed by atoms with Gasteiger partial charge in [0.15, 0.2) is 5.96 Å². The van der Waals surface area contributed by atoms with Gasteiger partial charge in [-0.3, -0.25) is 9.79 Å². The van der Waals surface area contributed by atoms with Crippen molar-refractivity contribution >= 4 is 11.9 Å². The Morgan fingerprint density at radius 1 is 1.23 bits per heavy atom. The van der Waals surface area contributed by atoms with Crippen molar-refractivity contribution < 1.29 is 14.3 Å². The van der Waals surface area contributed by atoms with Crippen LogP contribution in [-0.2, 0) is 17.8 Å². The number of ether oxygens (including phenoxy) is 2. The molecule has 2 aromatic carbocycles. The SMILES string of the molecule is CN=C(NCc1cccc(C(=O)NCC2CCCO2)c1)N(C)Cc1ccccc1OC. The van der Waals surface area contributed by atoms with Gasteiger partial charge in [0.05, 0.1) is 13.2 Å². The summed E-state index contributed by atoms with van der Waals surface area (Å²) in [6, 6.07) is 15.6. The van der Waals surface area contributed by atoms with Gasteiger partial charge in [0.2, 0.25) is 0 Å². The van der Waals surface area contributed by atoms with E-state index in [4.69, 9.17) is 9.47 Å². The van der Waals surface area contributed by atoms with E-state index in [1.165, 1.54) is 0 Å². The second kappa shape index (κ2) is 11.4. The van der Waals surface area contributed by atoms with E-state index >= 15 is 0 Å². The Labute approximate surface area is 184 Å². The van der Waals surface area contributed by atoms with Gasteiger partial charge in [0.1, 0.15) is 5.75 Å². The first-order valence-electron chi connectivity index (χ1n) is 10.6. The largest absolute Gasteiger partial charge is 0.496 e. The van der Waals surface area contributed by atoms with E-state index in [1.54, 1.807) is 14.2 Å². The quantitative estimate of drug-likeness (QED) is 0.504. The van der Waals surface area contributed by atoms with Crippen LogP contribution in [0.25, 0.3) is 0 Å². The number of amides is 1. The first kappa shape index (κ1) is 22.6. The van der Waals surface area contributed by atoms with Crippen LogP contribution in [0.1, 0.15) is 34.3 Å². The highest BCUT2D eigenvalue weighted by Crippen LogP contribution is 2.18. The monoisotopic (exact) mass is 424 g/mol. The number of guanidine groups is 1. The zero-order valence-electron chi connectivity index (χ0n) is 18.6. The Morgan fingerprint density at radius 2 is 2.06 bits per heavy atom. The van der Waals surface area contributed by atoms with E-state index in [2.05, 4.69) is 15.6 Å². The van der Waals surface area contributed by atoms with Crippen molar-refractivity contribution in [1.82, 2.24) is 15.5 Å². The highest BCUT2D eigenvalue weighted by Gasteiger charge is 2.17. The van der Waals surface area contributed by atoms with E-state index in [9.17, 15) is 4.79 Å². The second-order valence-corrected chi connectivity index (χ2v) is 7.61. The zero-order valence-corrected chi connectivity index (χ0v) is 18.6. The third-order valence-corrected chi connectivity index (χ3v) is 5.33. The van der Waals surface area contributed by atoms with Gasteiger partial charge in [-0.05, 0) is 36.6 Å². The van der Waals surface area contributed by atoms with Crippen LogP contribution in [0.2, 0.25) is 0 Å². The summed E-state index contributed by atoms with van der Waals surface area (Å²) >= 11 is 0. The fourth-order valence-corrected chi connectivity index (χ4v) is 3.67. The molecule has 31 heavy (non-hydrogen) atoms. The van der Waals surface area contributed by atoms with Gasteiger partial charge < -0.3 is 25.0 Å². The number of hydrogen-bond acceptors (Lipinski definition) is 4. The molecule has 0 aromatic heterocycles. The molecule has 1 fully saturated rings. The molecule has 2 aromatic rings. The van der Waals surface area contributed by atoms with E-state index in [0.717, 1.165) is 42.3 Å². The van der Waals surface area contributed by atoms with Crippen molar-refractivity contribution in [2.75, 3.05) is 34.4 Å². The molecular formula is C24H32N4O3. The van der Waals surface area contributed by atoms with Gasteiger partial charge in [-0.2, -0.15) is 0 Å². The van der Waals surface area contributed by atoms with Gasteiger partial charge in [-0.25, -0.2) is 0 Å². The Bertz CT molecular complexity index is 894. The van der Waals surface area contributed by atoms with Crippen LogP contribution in [-0.4, -0.2) is 57.2 Å². The lowest BCUT2D eigenvalue weighted by atomic mass is 10.1. The molecule has 1 amide bonds. The lowest BCUT2D eigenvalue weighted by Gasteiger charge is -2.23. The Balaban J connectivity index is 1.55. The maximum atomic E-state index is 12.5. The van der Waals surface area contributed by atoms with Crippen molar-refractivity contribution in [3.63, 3.8) is 0 Å². The van der Waals surface area contributed by atoms with Gasteiger partial charge in [0, 0.05) is 51.5 Å². The number of nitrogens with one attached hydrogen (secondary N) is 2. The fourth-order valence-electron chi connectivity index (χ4n) is 3.67. The highest BCUT2D eigenvalue weighted by atomic mass is 16.5. The average Bonchev–Trinajstić information content (AvgIpc) is 3.32. The second-order valence-electron chi connectivity index (χ2n) is 7.61. The highest BCUT2D eigenvalue weighted by molar-refractivity contribution is 5.94. The number of rotatable bonds is 8. The van der Waals surface area contributed by atoms with E-state index < -0.39 is 0 Å². The Morgan fingerprint density at radius 3 is 2.81 bits per heavy atom. The molecule has 0 radical (unpaired) electrons. The molecule has 0 spiro atoms. The summed E-state index contributed by atoms with van der Waals surface area (Å²) in [6.45, 7) is 2.57. The minimum Gasteiger partial charge on any atom is -0.496 e. The number of nitrogens with zero attached hydrogens (tertiary/aromatic N) is 2. The molecule has 0 saturated carbocycles.